The highest BCUT2D eigenvalue weighted by molar-refractivity contribution is 6.02. The van der Waals surface area contributed by atoms with Crippen LogP contribution in [0.1, 0.15) is 138 Å². The maximum absolute atomic E-state index is 14.9. The summed E-state index contributed by atoms with van der Waals surface area (Å²) in [7, 11) is 1.68. The number of nitrogens with zero attached hydrogens (tertiary/aromatic N) is 1. The van der Waals surface area contributed by atoms with Gasteiger partial charge in [-0.25, -0.2) is 9.59 Å². The molecular formula is C69H102N16O27. The first-order valence-corrected chi connectivity index (χ1v) is 35.8. The van der Waals surface area contributed by atoms with Crippen LogP contribution >= 0.6 is 0 Å². The van der Waals surface area contributed by atoms with Gasteiger partial charge in [-0.3, -0.25) is 86.3 Å². The number of nitrogens with two attached hydrogens (primary N) is 2. The van der Waals surface area contributed by atoms with E-state index in [0.29, 0.717) is 34.2 Å². The van der Waals surface area contributed by atoms with E-state index in [9.17, 15) is 121 Å². The van der Waals surface area contributed by atoms with E-state index < -0.39 is 260 Å². The highest BCUT2D eigenvalue weighted by atomic mass is 16.5. The number of carboxylic acids is 4. The van der Waals surface area contributed by atoms with E-state index in [1.54, 1.807) is 30.5 Å². The second kappa shape index (κ2) is 45.9. The summed E-state index contributed by atoms with van der Waals surface area (Å²) in [5.41, 5.74) is 12.1. The van der Waals surface area contributed by atoms with E-state index in [1.165, 1.54) is 13.8 Å². The Bertz CT molecular complexity index is 3780. The van der Waals surface area contributed by atoms with Crippen molar-refractivity contribution in [2.75, 3.05) is 27.2 Å². The lowest BCUT2D eigenvalue weighted by Crippen LogP contribution is -2.64. The first kappa shape index (κ1) is 94.3. The van der Waals surface area contributed by atoms with Crippen molar-refractivity contribution >= 4 is 129 Å². The largest absolute Gasteiger partial charge is 0.481 e. The number of methoxy groups -OCH3 is 1. The van der Waals surface area contributed by atoms with E-state index >= 15 is 0 Å². The van der Waals surface area contributed by atoms with Crippen LogP contribution in [0.5, 0.6) is 0 Å². The minimum absolute atomic E-state index is 0.0205. The minimum atomic E-state index is -2.80. The topological polar surface area (TPSA) is 676 Å². The number of primary amides is 2. The number of esters is 1. The summed E-state index contributed by atoms with van der Waals surface area (Å²) in [6.45, 7) is 6.34. The van der Waals surface area contributed by atoms with Gasteiger partial charge in [0.25, 0.3) is 0 Å². The van der Waals surface area contributed by atoms with Crippen molar-refractivity contribution in [1.29, 1.82) is 0 Å². The van der Waals surface area contributed by atoms with Gasteiger partial charge in [0.2, 0.25) is 88.6 Å². The molecule has 0 radical (unpaired) electrons. The third-order valence-corrected chi connectivity index (χ3v) is 17.6. The van der Waals surface area contributed by atoms with Gasteiger partial charge in [0.1, 0.15) is 72.6 Å². The molecule has 1 aliphatic rings. The zero-order valence-electron chi connectivity index (χ0n) is 63.3. The van der Waals surface area contributed by atoms with Gasteiger partial charge >= 0.3 is 29.8 Å². The number of cyclic esters (lactones) is 1. The smallest absolute Gasteiger partial charge is 0.335 e. The Balaban J connectivity index is 2.24. The Morgan fingerprint density at radius 2 is 1.21 bits per heavy atom. The number of fused-ring (bicyclic) bond motifs is 1. The Morgan fingerprint density at radius 1 is 0.625 bits per heavy atom. The Morgan fingerprint density at radius 3 is 1.79 bits per heavy atom. The first-order valence-electron chi connectivity index (χ1n) is 35.8. The SMILES string of the molecule is CCCCCCCCCC(=O)NC(Cc1c[nH]c2ccccc12)C(=O)NC(CCC(=O)O)C(=O)NC(C(=O)NC1C(=O)N(C)CC(=O)NC(C)C(=O)NC(CC(=O)O)C(=O)NC(C)C(=O)NC(C(OC)C(=O)O)C(=O)NCC(=O)NC(CC(N)=O)C(=O)NC(C(C)CC(=O)O)C(=O)NC(C(C)C)C(=O)OC1C)C(O)C(N)=O. The van der Waals surface area contributed by atoms with Crippen molar-refractivity contribution in [2.45, 2.75) is 223 Å². The number of H-pyrrole nitrogens is 1. The number of benzene rings is 1. The number of rotatable bonds is 33. The molecular weight excluding hydrogens is 1480 g/mol. The molecule has 43 heteroatoms. The van der Waals surface area contributed by atoms with Gasteiger partial charge in [-0.1, -0.05) is 84.4 Å². The summed E-state index contributed by atoms with van der Waals surface area (Å²) in [6.07, 6.45) is -4.71. The highest BCUT2D eigenvalue weighted by Crippen LogP contribution is 2.21. The van der Waals surface area contributed by atoms with Gasteiger partial charge in [-0.15, -0.1) is 0 Å². The first-order chi connectivity index (χ1) is 52.5. The van der Waals surface area contributed by atoms with Crippen LogP contribution in [-0.2, 0) is 112 Å². The van der Waals surface area contributed by atoms with Crippen LogP contribution in [0.2, 0.25) is 0 Å². The van der Waals surface area contributed by atoms with Crippen LogP contribution in [0.3, 0.4) is 0 Å². The van der Waals surface area contributed by atoms with Crippen LogP contribution in [0.25, 0.3) is 10.9 Å². The summed E-state index contributed by atoms with van der Waals surface area (Å²) >= 11 is 0. The lowest BCUT2D eigenvalue weighted by Gasteiger charge is -2.32. The molecule has 0 bridgehead atoms. The fourth-order valence-corrected chi connectivity index (χ4v) is 11.4. The van der Waals surface area contributed by atoms with Crippen LogP contribution in [0.4, 0.5) is 0 Å². The maximum Gasteiger partial charge on any atom is 0.335 e. The number of aromatic amines is 1. The average Bonchev–Trinajstić information content (AvgIpc) is 1.44. The Hall–Kier alpha value is -11.9. The summed E-state index contributed by atoms with van der Waals surface area (Å²) in [4.78, 5) is 275. The van der Waals surface area contributed by atoms with Crippen LogP contribution < -0.4 is 75.3 Å². The van der Waals surface area contributed by atoms with Crippen molar-refractivity contribution in [3.05, 3.63) is 36.0 Å². The van der Waals surface area contributed by atoms with Gasteiger partial charge in [0, 0.05) is 50.5 Å². The molecule has 112 heavy (non-hydrogen) atoms. The molecule has 43 nitrogen and oxygen atoms in total. The summed E-state index contributed by atoms with van der Waals surface area (Å²) in [6, 6.07) is -15.7. The van der Waals surface area contributed by atoms with Gasteiger partial charge in [-0.05, 0) is 57.1 Å². The summed E-state index contributed by atoms with van der Waals surface area (Å²) in [5.74, 6) is -31.1. The zero-order valence-corrected chi connectivity index (χ0v) is 63.3. The average molecular weight is 1590 g/mol. The molecule has 1 saturated heterocycles. The number of para-hydroxylation sites is 1. The molecule has 1 aromatic carbocycles. The number of likely N-dealkylation sites (N-methyl/N-ethyl adjacent to an activating group) is 1. The number of nitrogens with one attached hydrogen (secondary N) is 13. The lowest BCUT2D eigenvalue weighted by molar-refractivity contribution is -0.159. The molecule has 22 N–H and O–H groups in total. The molecule has 15 atom stereocenters. The van der Waals surface area contributed by atoms with Gasteiger partial charge in [-0.2, -0.15) is 0 Å². The van der Waals surface area contributed by atoms with Crippen LogP contribution in [-0.4, -0.2) is 266 Å². The molecule has 1 aliphatic heterocycles. The number of aliphatic hydroxyl groups is 1. The monoisotopic (exact) mass is 1590 g/mol. The zero-order chi connectivity index (χ0) is 84.5. The highest BCUT2D eigenvalue weighted by Gasteiger charge is 2.44. The molecule has 620 valence electrons. The predicted molar refractivity (Wildman–Crippen MR) is 386 cm³/mol. The molecule has 15 unspecified atom stereocenters. The second-order valence-corrected chi connectivity index (χ2v) is 27.2. The molecule has 1 aromatic heterocycles. The third kappa shape index (κ3) is 30.9. The number of amides is 15. The predicted octanol–water partition coefficient (Wildman–Crippen LogP) is -6.33. The van der Waals surface area contributed by atoms with Crippen LogP contribution in [0, 0.1) is 11.8 Å². The van der Waals surface area contributed by atoms with Gasteiger partial charge in [0.15, 0.2) is 12.2 Å². The number of unbranched alkanes of at least 4 members (excludes halogenated alkanes) is 6. The molecule has 2 aromatic rings. The number of aliphatic carboxylic acids is 4. The molecule has 0 aliphatic carbocycles. The molecule has 15 amide bonds. The fourth-order valence-electron chi connectivity index (χ4n) is 11.4. The van der Waals surface area contributed by atoms with Crippen molar-refractivity contribution in [2.24, 2.45) is 23.3 Å². The molecule has 0 saturated carbocycles. The Labute approximate surface area is 641 Å². The number of hydrogen-bond acceptors (Lipinski definition) is 23. The quantitative estimate of drug-likeness (QED) is 0.0233. The number of hydrogen-bond donors (Lipinski definition) is 20. The minimum Gasteiger partial charge on any atom is -0.481 e. The molecule has 2 heterocycles. The Kier molecular flexibility index (Phi) is 38.7. The van der Waals surface area contributed by atoms with Crippen molar-refractivity contribution in [3.63, 3.8) is 0 Å². The normalized spacial score (nSPS) is 22.2. The van der Waals surface area contributed by atoms with Gasteiger partial charge in [0.05, 0.1) is 32.4 Å². The number of aliphatic hydroxyl groups excluding tert-OH is 1. The second-order valence-electron chi connectivity index (χ2n) is 27.2. The van der Waals surface area contributed by atoms with Crippen LogP contribution in [0.15, 0.2) is 30.5 Å². The number of carbonyl (C=O) groups is 20. The molecule has 3 rings (SSSR count). The molecule has 0 spiro atoms. The molecule has 1 fully saturated rings. The number of carbonyl (C=O) groups excluding carboxylic acids is 16. The van der Waals surface area contributed by atoms with Crippen molar-refractivity contribution < 1.29 is 131 Å². The number of carboxylic acid groups (broad SMARTS) is 4. The third-order valence-electron chi connectivity index (χ3n) is 17.6. The number of ether oxygens (including phenoxy) is 2. The van der Waals surface area contributed by atoms with Crippen molar-refractivity contribution in [1.82, 2.24) is 73.7 Å². The fraction of sp³-hybridized carbons (Fsp3) is 0.594. The van der Waals surface area contributed by atoms with Gasteiger partial charge < -0.3 is 120 Å². The van der Waals surface area contributed by atoms with E-state index in [-0.39, 0.29) is 12.8 Å². The summed E-state index contributed by atoms with van der Waals surface area (Å²) in [5, 5.41) is 77.3. The lowest BCUT2D eigenvalue weighted by atomic mass is 9.95. The summed E-state index contributed by atoms with van der Waals surface area (Å²) < 4.78 is 10.6. The van der Waals surface area contributed by atoms with E-state index in [4.69, 9.17) is 20.9 Å². The maximum atomic E-state index is 14.9. The van der Waals surface area contributed by atoms with E-state index in [2.05, 4.69) is 59.8 Å². The number of aromatic nitrogens is 1. The van der Waals surface area contributed by atoms with E-state index in [1.807, 2.05) is 16.0 Å². The van der Waals surface area contributed by atoms with E-state index in [0.717, 1.165) is 74.0 Å². The van der Waals surface area contributed by atoms with Crippen molar-refractivity contribution in [3.8, 4) is 0 Å². The standard InChI is InChI=1S/C69H102N16O27/c1-10-11-12-13-14-15-16-21-44(87)76-40(25-36-28-72-38-20-18-17-19-37(36)38)62(102)78-39(22-23-47(90)91)60(100)83-53(55(96)57(71)97)66(106)82-52-35(7)112-69(110)50(31(2)3)80-65(105)51(32(4)24-48(92)93)81-63(103)41(26-43(70)86)77-45(88)29-73-64(104)54(56(111-9)68(108)109)84-59(99)34(6)75-61(101)42(27-49(94)95)79-58(98)33(5)74-46(89)30-85(8)67(52)107/h17-20,28,31-35,39-42,50-56,72,96H,10-16,21-27,29-30H2,1-9H3,(H2,70,86)(H2,71,97)(H,73,104)(H,74,89)(H,75,101)(H,76,87)(H,77,88)(H,78,102)(H,79,98)(H,80,105)(H,81,103)(H,82,106)(H,83,100)(H,84,99)(H,90,91)(H,92,93)(H,94,95)(H,108,109).